The lowest BCUT2D eigenvalue weighted by Crippen LogP contribution is -2.44. The number of allylic oxidation sites excluding steroid dienone is 1. The molecule has 0 amide bonds. The van der Waals surface area contributed by atoms with Crippen molar-refractivity contribution in [1.82, 2.24) is 9.03 Å². The normalized spacial score (nSPS) is 27.1. The van der Waals surface area contributed by atoms with Crippen LogP contribution in [-0.2, 0) is 29.5 Å². The van der Waals surface area contributed by atoms with Crippen LogP contribution in [0.15, 0.2) is 71.0 Å². The molecule has 0 spiro atoms. The lowest BCUT2D eigenvalue weighted by molar-refractivity contribution is 0.136. The van der Waals surface area contributed by atoms with Gasteiger partial charge in [-0.1, -0.05) is 6.08 Å². The van der Waals surface area contributed by atoms with E-state index in [9.17, 15) is 30.7 Å². The summed E-state index contributed by atoms with van der Waals surface area (Å²) in [7, 11) is -7.39. The smallest absolute Gasteiger partial charge is 0.243 e. The van der Waals surface area contributed by atoms with E-state index in [1.54, 1.807) is 6.08 Å². The molecule has 0 saturated carbocycles. The van der Waals surface area contributed by atoms with Crippen LogP contribution in [0.3, 0.4) is 0 Å². The average molecular weight is 587 g/mol. The molecule has 5 rings (SSSR count). The van der Waals surface area contributed by atoms with Gasteiger partial charge in [-0.15, -0.1) is 6.58 Å². The molecule has 0 aliphatic carbocycles. The molecule has 2 aromatic carbocycles. The van der Waals surface area contributed by atoms with Gasteiger partial charge in [-0.2, -0.15) is 4.31 Å². The third-order valence-electron chi connectivity index (χ3n) is 7.12. The fourth-order valence-electron chi connectivity index (χ4n) is 5.13. The van der Waals surface area contributed by atoms with Crippen molar-refractivity contribution in [2.24, 2.45) is 11.8 Å². The Kier molecular flexibility index (Phi) is 9.53. The van der Waals surface area contributed by atoms with Gasteiger partial charge in [0, 0.05) is 17.9 Å². The first-order valence-corrected chi connectivity index (χ1v) is 15.4. The Morgan fingerprint density at radius 2 is 1.51 bits per heavy atom. The third kappa shape index (κ3) is 6.73. The van der Waals surface area contributed by atoms with Gasteiger partial charge in [0.15, 0.2) is 0 Å². The highest BCUT2D eigenvalue weighted by Gasteiger charge is 2.50. The van der Waals surface area contributed by atoms with Crippen LogP contribution in [0.4, 0.5) is 8.78 Å². The number of halogens is 2. The predicted molar refractivity (Wildman–Crippen MR) is 139 cm³/mol. The molecule has 3 fully saturated rings. The van der Waals surface area contributed by atoms with Gasteiger partial charge in [0.1, 0.15) is 11.6 Å². The van der Waals surface area contributed by atoms with Crippen molar-refractivity contribution in [2.45, 2.75) is 40.8 Å². The van der Waals surface area contributed by atoms with E-state index in [4.69, 9.17) is 9.47 Å². The standard InChI is InChI=1S/C13H16FNO4S.C13H16FNO3S/c14-10-1-3-12(4-2-10)20(17,18)15-11(6-16)5-9-7-19-8-13(9)15;1-2-3-10-8-18-9-13(10)15-19(16,17)12-6-4-11(14)5-7-12/h1-4,9,11,13,16H,5-8H2;2,4-7,10,13,15H,1,3,8-9H2. The van der Waals surface area contributed by atoms with Gasteiger partial charge < -0.3 is 14.6 Å². The Morgan fingerprint density at radius 1 is 0.923 bits per heavy atom. The minimum Gasteiger partial charge on any atom is -0.395 e. The van der Waals surface area contributed by atoms with Gasteiger partial charge in [-0.05, 0) is 61.4 Å². The van der Waals surface area contributed by atoms with Crippen LogP contribution in [0.2, 0.25) is 0 Å². The van der Waals surface area contributed by atoms with Gasteiger partial charge in [-0.3, -0.25) is 0 Å². The van der Waals surface area contributed by atoms with Crippen molar-refractivity contribution < 1.29 is 40.2 Å². The van der Waals surface area contributed by atoms with Gasteiger partial charge in [0.05, 0.1) is 54.9 Å². The van der Waals surface area contributed by atoms with Crippen LogP contribution in [0.5, 0.6) is 0 Å². The third-order valence-corrected chi connectivity index (χ3v) is 10.6. The fraction of sp³-hybridized carbons (Fsp3) is 0.462. The van der Waals surface area contributed by atoms with Crippen molar-refractivity contribution in [3.63, 3.8) is 0 Å². The second-order valence-corrected chi connectivity index (χ2v) is 13.3. The van der Waals surface area contributed by atoms with Crippen LogP contribution in [0.1, 0.15) is 12.8 Å². The minimum atomic E-state index is -3.74. The van der Waals surface area contributed by atoms with E-state index in [0.29, 0.717) is 39.3 Å². The molecule has 13 heteroatoms. The summed E-state index contributed by atoms with van der Waals surface area (Å²) in [6, 6.07) is 8.57. The Balaban J connectivity index is 0.000000181. The number of benzene rings is 2. The minimum absolute atomic E-state index is 0.0462. The summed E-state index contributed by atoms with van der Waals surface area (Å²) in [6.45, 7) is 5.17. The predicted octanol–water partition coefficient (Wildman–Crippen LogP) is 2.29. The summed E-state index contributed by atoms with van der Waals surface area (Å²) in [5.41, 5.74) is 0. The van der Waals surface area contributed by atoms with Gasteiger partial charge in [0.25, 0.3) is 0 Å². The monoisotopic (exact) mass is 586 g/mol. The van der Waals surface area contributed by atoms with E-state index >= 15 is 0 Å². The topological polar surface area (TPSA) is 122 Å². The first-order chi connectivity index (χ1) is 18.6. The Hall–Kier alpha value is -2.26. The highest BCUT2D eigenvalue weighted by molar-refractivity contribution is 7.89. The molecule has 2 N–H and O–H groups in total. The number of nitrogens with zero attached hydrogens (tertiary/aromatic N) is 1. The second-order valence-electron chi connectivity index (χ2n) is 9.73. The van der Waals surface area contributed by atoms with Crippen LogP contribution in [0.25, 0.3) is 0 Å². The van der Waals surface area contributed by atoms with E-state index in [2.05, 4.69) is 11.3 Å². The number of hydrogen-bond acceptors (Lipinski definition) is 7. The number of nitrogens with one attached hydrogen (secondary N) is 1. The molecule has 0 aromatic heterocycles. The van der Waals surface area contributed by atoms with Crippen molar-refractivity contribution in [3.8, 4) is 0 Å². The average Bonchev–Trinajstić information content (AvgIpc) is 3.61. The van der Waals surface area contributed by atoms with Crippen LogP contribution < -0.4 is 4.72 Å². The number of aliphatic hydroxyl groups is 1. The largest absolute Gasteiger partial charge is 0.395 e. The highest BCUT2D eigenvalue weighted by Crippen LogP contribution is 2.38. The first kappa shape index (κ1) is 29.7. The van der Waals surface area contributed by atoms with E-state index in [-0.39, 0.29) is 40.3 Å². The maximum Gasteiger partial charge on any atom is 0.243 e. The maximum absolute atomic E-state index is 12.9. The maximum atomic E-state index is 12.9. The van der Waals surface area contributed by atoms with Gasteiger partial charge in [0.2, 0.25) is 20.0 Å². The van der Waals surface area contributed by atoms with E-state index in [1.807, 2.05) is 0 Å². The summed E-state index contributed by atoms with van der Waals surface area (Å²) in [5.74, 6) is -0.728. The molecule has 5 unspecified atom stereocenters. The van der Waals surface area contributed by atoms with Crippen LogP contribution in [-0.4, -0.2) is 77.4 Å². The van der Waals surface area contributed by atoms with E-state index in [0.717, 1.165) is 24.3 Å². The summed E-state index contributed by atoms with van der Waals surface area (Å²) in [4.78, 5) is 0.100. The Labute approximate surface area is 227 Å². The Bertz CT molecular complexity index is 1340. The molecule has 3 saturated heterocycles. The number of rotatable bonds is 8. The molecule has 0 bridgehead atoms. The zero-order valence-electron chi connectivity index (χ0n) is 21.2. The molecule has 0 radical (unpaired) electrons. The molecule has 3 aliphatic heterocycles. The van der Waals surface area contributed by atoms with Gasteiger partial charge in [-0.25, -0.2) is 30.3 Å². The molecule has 39 heavy (non-hydrogen) atoms. The lowest BCUT2D eigenvalue weighted by Gasteiger charge is -2.27. The lowest BCUT2D eigenvalue weighted by atomic mass is 10.0. The van der Waals surface area contributed by atoms with E-state index < -0.39 is 37.7 Å². The van der Waals surface area contributed by atoms with Crippen molar-refractivity contribution in [2.75, 3.05) is 33.0 Å². The molecular formula is C26H32F2N2O7S2. The SMILES string of the molecule is C=CCC1COCC1NS(=O)(=O)c1ccc(F)cc1.O=S(=O)(c1ccc(F)cc1)N1C(CO)CC2COCC21. The van der Waals surface area contributed by atoms with Crippen molar-refractivity contribution in [1.29, 1.82) is 0 Å². The molecule has 5 atom stereocenters. The first-order valence-electron chi connectivity index (χ1n) is 12.5. The molecule has 2 aromatic rings. The molecule has 9 nitrogen and oxygen atoms in total. The number of ether oxygens (including phenoxy) is 2. The molecule has 214 valence electrons. The van der Waals surface area contributed by atoms with E-state index in [1.165, 1.54) is 28.6 Å². The molecule has 3 aliphatic rings. The van der Waals surface area contributed by atoms with Crippen LogP contribution in [0, 0.1) is 23.5 Å². The highest BCUT2D eigenvalue weighted by atomic mass is 32.2. The number of hydrogen-bond donors (Lipinski definition) is 2. The second kappa shape index (κ2) is 12.5. The molecular weight excluding hydrogens is 554 g/mol. The van der Waals surface area contributed by atoms with Crippen molar-refractivity contribution >= 4 is 20.0 Å². The number of fused-ring (bicyclic) bond motifs is 1. The Morgan fingerprint density at radius 3 is 2.10 bits per heavy atom. The summed E-state index contributed by atoms with van der Waals surface area (Å²) >= 11 is 0. The summed E-state index contributed by atoms with van der Waals surface area (Å²) < 4.78 is 90.0. The van der Waals surface area contributed by atoms with Crippen molar-refractivity contribution in [3.05, 3.63) is 72.8 Å². The number of sulfonamides is 2. The van der Waals surface area contributed by atoms with Gasteiger partial charge >= 0.3 is 0 Å². The zero-order valence-corrected chi connectivity index (χ0v) is 22.8. The quantitative estimate of drug-likeness (QED) is 0.455. The van der Waals surface area contributed by atoms with Crippen LogP contribution >= 0.6 is 0 Å². The molecule has 3 heterocycles. The summed E-state index contributed by atoms with van der Waals surface area (Å²) in [6.07, 6.45) is 3.04. The summed E-state index contributed by atoms with van der Waals surface area (Å²) in [5, 5.41) is 9.44. The number of aliphatic hydroxyl groups excluding tert-OH is 1. The fourth-order valence-corrected chi connectivity index (χ4v) is 8.28. The zero-order chi connectivity index (χ0) is 28.2.